The molecule has 2 saturated heterocycles. The van der Waals surface area contributed by atoms with E-state index in [9.17, 15) is 28.8 Å². The van der Waals surface area contributed by atoms with Crippen LogP contribution in [0.5, 0.6) is 0 Å². The maximum absolute atomic E-state index is 12.7. The predicted octanol–water partition coefficient (Wildman–Crippen LogP) is 4.39. The first-order valence-electron chi connectivity index (χ1n) is 18.5. The van der Waals surface area contributed by atoms with E-state index in [-0.39, 0.29) is 30.9 Å². The molecule has 58 heavy (non-hydrogen) atoms. The minimum atomic E-state index is -1.04. The Kier molecular flexibility index (Phi) is 14.9. The fourth-order valence-corrected chi connectivity index (χ4v) is 6.47. The number of amidine groups is 2. The summed E-state index contributed by atoms with van der Waals surface area (Å²) in [5.41, 5.74) is -1.24. The van der Waals surface area contributed by atoms with Crippen molar-refractivity contribution in [2.45, 2.75) is 96.9 Å². The van der Waals surface area contributed by atoms with Gasteiger partial charge in [-0.2, -0.15) is 0 Å². The van der Waals surface area contributed by atoms with Crippen molar-refractivity contribution in [1.29, 1.82) is 0 Å². The second-order valence-corrected chi connectivity index (χ2v) is 15.8. The zero-order valence-corrected chi connectivity index (χ0v) is 33.6. The number of piperidine rings is 2. The highest BCUT2D eigenvalue weighted by atomic mass is 16.6. The summed E-state index contributed by atoms with van der Waals surface area (Å²) in [4.78, 5) is 85.0. The molecule has 2 fully saturated rings. The van der Waals surface area contributed by atoms with Crippen molar-refractivity contribution in [1.82, 2.24) is 20.4 Å². The van der Waals surface area contributed by atoms with E-state index in [1.165, 1.54) is 19.2 Å². The molecule has 0 aromatic heterocycles. The number of nitrogens with one attached hydrogen (secondary N) is 2. The van der Waals surface area contributed by atoms with Crippen LogP contribution >= 0.6 is 0 Å². The average molecular weight is 809 g/mol. The van der Waals surface area contributed by atoms with E-state index >= 15 is 0 Å². The van der Waals surface area contributed by atoms with E-state index in [2.05, 4.69) is 20.6 Å². The lowest BCUT2D eigenvalue weighted by atomic mass is 9.88. The summed E-state index contributed by atoms with van der Waals surface area (Å²) >= 11 is 0. The number of aliphatic imine (C=N–C) groups is 2. The van der Waals surface area contributed by atoms with Gasteiger partial charge in [0, 0.05) is 44.4 Å². The Labute approximate surface area is 338 Å². The van der Waals surface area contributed by atoms with Crippen LogP contribution < -0.4 is 10.6 Å². The van der Waals surface area contributed by atoms with Gasteiger partial charge < -0.3 is 44.9 Å². The van der Waals surface area contributed by atoms with Gasteiger partial charge in [-0.1, -0.05) is 31.7 Å². The number of amides is 4. The molecule has 4 amide bonds. The van der Waals surface area contributed by atoms with Gasteiger partial charge in [0.05, 0.1) is 18.2 Å². The van der Waals surface area contributed by atoms with Gasteiger partial charge in [-0.15, -0.1) is 0 Å². The fourth-order valence-electron chi connectivity index (χ4n) is 6.47. The Morgan fingerprint density at radius 3 is 1.38 bits per heavy atom. The number of nitrogens with zero attached hydrogens (tertiary/aromatic N) is 4. The van der Waals surface area contributed by atoms with Crippen molar-refractivity contribution in [2.75, 3.05) is 40.4 Å². The van der Waals surface area contributed by atoms with Crippen molar-refractivity contribution in [3.63, 3.8) is 0 Å². The van der Waals surface area contributed by atoms with Crippen LogP contribution in [0, 0.1) is 0 Å². The van der Waals surface area contributed by atoms with Gasteiger partial charge in [0.15, 0.2) is 0 Å². The van der Waals surface area contributed by atoms with Crippen LogP contribution in [0.2, 0.25) is 0 Å². The highest BCUT2D eigenvalue weighted by Crippen LogP contribution is 2.33. The van der Waals surface area contributed by atoms with E-state index < -0.39 is 40.3 Å². The number of rotatable bonds is 4. The molecule has 316 valence electrons. The van der Waals surface area contributed by atoms with Crippen molar-refractivity contribution >= 4 is 47.6 Å². The molecule has 2 aromatic rings. The number of carboxylic acid groups (broad SMARTS) is 1. The van der Waals surface area contributed by atoms with Crippen LogP contribution in [0.1, 0.15) is 106 Å². The van der Waals surface area contributed by atoms with Gasteiger partial charge in [0.25, 0.3) is 11.8 Å². The van der Waals surface area contributed by atoms with Crippen LogP contribution in [0.25, 0.3) is 0 Å². The van der Waals surface area contributed by atoms with Gasteiger partial charge in [0.1, 0.15) is 34.0 Å². The van der Waals surface area contributed by atoms with Gasteiger partial charge >= 0.3 is 24.1 Å². The summed E-state index contributed by atoms with van der Waals surface area (Å²) in [6.07, 6.45) is 0.835. The predicted molar refractivity (Wildman–Crippen MR) is 215 cm³/mol. The zero-order chi connectivity index (χ0) is 42.3. The molecule has 0 aliphatic carbocycles. The monoisotopic (exact) mass is 808 g/mol. The van der Waals surface area contributed by atoms with E-state index in [4.69, 9.17) is 24.4 Å². The molecular formula is C41H56N6O11. The number of carbonyl (C=O) groups is 6. The first-order chi connectivity index (χ1) is 26.7. The normalized spacial score (nSPS) is 17.8. The molecule has 2 spiro atoms. The highest BCUT2D eigenvalue weighted by molar-refractivity contribution is 6.16. The van der Waals surface area contributed by atoms with Gasteiger partial charge in [0.2, 0.25) is 0 Å². The van der Waals surface area contributed by atoms with E-state index in [0.29, 0.717) is 80.2 Å². The molecular weight excluding hydrogens is 752 g/mol. The van der Waals surface area contributed by atoms with E-state index in [1.807, 2.05) is 41.5 Å². The van der Waals surface area contributed by atoms with Gasteiger partial charge in [-0.3, -0.25) is 19.6 Å². The number of methoxy groups -OCH3 is 1. The van der Waals surface area contributed by atoms with Crippen molar-refractivity contribution in [3.8, 4) is 0 Å². The minimum Gasteiger partial charge on any atom is -0.478 e. The number of hydrogen-bond acceptors (Lipinski definition) is 12. The van der Waals surface area contributed by atoms with E-state index in [0.717, 1.165) is 7.11 Å². The summed E-state index contributed by atoms with van der Waals surface area (Å²) in [6.45, 7) is 12.4. The number of carboxylic acids is 1. The number of benzene rings is 2. The average Bonchev–Trinajstić information content (AvgIpc) is 3.66. The lowest BCUT2D eigenvalue weighted by Crippen LogP contribution is -2.51. The third-order valence-corrected chi connectivity index (χ3v) is 9.39. The summed E-state index contributed by atoms with van der Waals surface area (Å²) in [5.74, 6) is -1.10. The largest absolute Gasteiger partial charge is 0.478 e. The van der Waals surface area contributed by atoms with E-state index in [1.54, 1.807) is 46.2 Å². The summed E-state index contributed by atoms with van der Waals surface area (Å²) in [6, 6.07) is 13.1. The smallest absolute Gasteiger partial charge is 0.410 e. The number of esters is 1. The number of carbonyl (C=O) groups excluding carboxylic acids is 5. The second-order valence-electron chi connectivity index (χ2n) is 15.8. The summed E-state index contributed by atoms with van der Waals surface area (Å²) in [5, 5.41) is 21.7. The number of aliphatic hydroxyl groups excluding tert-OH is 1. The Balaban J connectivity index is 0.000000293. The minimum absolute atomic E-state index is 0. The summed E-state index contributed by atoms with van der Waals surface area (Å²) < 4.78 is 15.5. The number of ether oxygens (including phenoxy) is 3. The van der Waals surface area contributed by atoms with Crippen LogP contribution in [0.15, 0.2) is 58.5 Å². The molecule has 0 saturated carbocycles. The zero-order valence-electron chi connectivity index (χ0n) is 33.6. The SMILES string of the molecule is C.CC(C)(C)OC(=O)N1CCC2(CC1)N=C(c1cccc(C(=O)O)c1)NC2=O.CO.COC(=O)c1cccc(C2=NC3(CCN(C(=O)OC(C)(C)C)CC3)C(=O)N2)c1. The van der Waals surface area contributed by atoms with Crippen LogP contribution in [0.4, 0.5) is 9.59 Å². The first kappa shape index (κ1) is 46.5. The Bertz CT molecular complexity index is 1930. The summed E-state index contributed by atoms with van der Waals surface area (Å²) in [7, 11) is 2.32. The number of likely N-dealkylation sites (tertiary alicyclic amines) is 2. The Hall–Kier alpha value is -5.84. The first-order valence-corrected chi connectivity index (χ1v) is 18.5. The molecule has 6 rings (SSSR count). The standard InChI is InChI=1S/C20H25N3O5.C19H23N3O5.CH4O.CH4/c1-19(2,3)28-18(26)23-10-8-20(9-11-23)17(25)21-15(22-20)13-6-5-7-14(12-13)16(24)27-4;1-18(2,3)27-17(26)22-9-7-19(8-10-22)16(25)20-14(21-19)12-5-4-6-13(11-12)15(23)24;1-2;/h5-7,12H,8-11H2,1-4H3,(H,21,22,25);4-6,11H,7-10H2,1-3H3,(H,23,24)(H,20,21,25);2H,1H3;1H4. The molecule has 4 heterocycles. The van der Waals surface area contributed by atoms with Crippen molar-refractivity contribution in [3.05, 3.63) is 70.8 Å². The lowest BCUT2D eigenvalue weighted by Gasteiger charge is -2.36. The van der Waals surface area contributed by atoms with Gasteiger partial charge in [-0.05, 0) is 91.5 Å². The molecule has 0 unspecified atom stereocenters. The molecule has 0 atom stereocenters. The molecule has 4 aliphatic rings. The molecule has 0 bridgehead atoms. The van der Waals surface area contributed by atoms with Gasteiger partial charge in [-0.25, -0.2) is 19.2 Å². The van der Waals surface area contributed by atoms with Crippen LogP contribution in [-0.2, 0) is 23.8 Å². The number of aromatic carboxylic acids is 1. The fraction of sp³-hybridized carbons (Fsp3) is 0.512. The quantitative estimate of drug-likeness (QED) is 0.250. The Morgan fingerprint density at radius 1 is 0.672 bits per heavy atom. The molecule has 2 aromatic carbocycles. The van der Waals surface area contributed by atoms with Crippen molar-refractivity contribution in [2.24, 2.45) is 9.98 Å². The third kappa shape index (κ3) is 11.2. The van der Waals surface area contributed by atoms with Crippen LogP contribution in [0.3, 0.4) is 0 Å². The molecule has 17 nitrogen and oxygen atoms in total. The maximum Gasteiger partial charge on any atom is 0.410 e. The molecule has 4 aliphatic heterocycles. The molecule has 4 N–H and O–H groups in total. The van der Waals surface area contributed by atoms with Crippen molar-refractivity contribution < 1.29 is 53.2 Å². The lowest BCUT2D eigenvalue weighted by molar-refractivity contribution is -0.126. The molecule has 17 heteroatoms. The number of hydrogen-bond donors (Lipinski definition) is 4. The maximum atomic E-state index is 12.7. The highest BCUT2D eigenvalue weighted by Gasteiger charge is 2.48. The second kappa shape index (κ2) is 18.6. The van der Waals surface area contributed by atoms with Crippen LogP contribution in [-0.4, -0.2) is 130 Å². The third-order valence-electron chi connectivity index (χ3n) is 9.39. The topological polar surface area (TPSA) is 226 Å². The molecule has 0 radical (unpaired) electrons. The Morgan fingerprint density at radius 2 is 1.03 bits per heavy atom. The number of aliphatic hydroxyl groups is 1.